The maximum Gasteiger partial charge on any atom is 0.142 e. The minimum absolute atomic E-state index is 0.470. The van der Waals surface area contributed by atoms with Gasteiger partial charge in [0, 0.05) is 25.0 Å². The van der Waals surface area contributed by atoms with Crippen molar-refractivity contribution in [2.24, 2.45) is 0 Å². The molecule has 0 saturated carbocycles. The Bertz CT molecular complexity index is 341. The van der Waals surface area contributed by atoms with E-state index in [0.717, 1.165) is 12.1 Å². The fourth-order valence-electron chi connectivity index (χ4n) is 1.23. The molecular formula is C11H15N3. The summed E-state index contributed by atoms with van der Waals surface area (Å²) < 4.78 is 0. The quantitative estimate of drug-likeness (QED) is 0.731. The van der Waals surface area contributed by atoms with Gasteiger partial charge in [0.05, 0.1) is 0 Å². The number of rotatable bonds is 3. The SMILES string of the molecule is CCC(C)N(C)c1ccnc(C#N)c1. The first-order valence-electron chi connectivity index (χ1n) is 4.78. The molecule has 0 saturated heterocycles. The van der Waals surface area contributed by atoms with E-state index in [2.05, 4.69) is 23.7 Å². The molecule has 0 aliphatic heterocycles. The molecule has 1 rings (SSSR count). The number of nitriles is 1. The molecule has 1 unspecified atom stereocenters. The average molecular weight is 189 g/mol. The van der Waals surface area contributed by atoms with E-state index < -0.39 is 0 Å². The van der Waals surface area contributed by atoms with Crippen LogP contribution in [0.1, 0.15) is 26.0 Å². The van der Waals surface area contributed by atoms with E-state index in [1.165, 1.54) is 0 Å². The Hall–Kier alpha value is -1.56. The standard InChI is InChI=1S/C11H15N3/c1-4-9(2)14(3)11-5-6-13-10(7-11)8-12/h5-7,9H,4H2,1-3H3. The van der Waals surface area contributed by atoms with Crippen LogP contribution < -0.4 is 4.90 Å². The Morgan fingerprint density at radius 1 is 1.64 bits per heavy atom. The van der Waals surface area contributed by atoms with Crippen LogP contribution in [0, 0.1) is 11.3 Å². The van der Waals surface area contributed by atoms with Crippen molar-refractivity contribution in [1.82, 2.24) is 4.98 Å². The largest absolute Gasteiger partial charge is 0.372 e. The van der Waals surface area contributed by atoms with Gasteiger partial charge in [-0.3, -0.25) is 0 Å². The van der Waals surface area contributed by atoms with Gasteiger partial charge in [-0.1, -0.05) is 6.92 Å². The van der Waals surface area contributed by atoms with Crippen molar-refractivity contribution in [2.45, 2.75) is 26.3 Å². The second-order valence-corrected chi connectivity index (χ2v) is 3.38. The second kappa shape index (κ2) is 4.61. The van der Waals surface area contributed by atoms with Crippen molar-refractivity contribution in [3.8, 4) is 6.07 Å². The van der Waals surface area contributed by atoms with Gasteiger partial charge in [-0.25, -0.2) is 4.98 Å². The van der Waals surface area contributed by atoms with E-state index in [0.29, 0.717) is 11.7 Å². The van der Waals surface area contributed by atoms with Gasteiger partial charge in [-0.15, -0.1) is 0 Å². The van der Waals surface area contributed by atoms with E-state index in [-0.39, 0.29) is 0 Å². The maximum absolute atomic E-state index is 8.71. The highest BCUT2D eigenvalue weighted by molar-refractivity contribution is 5.48. The molecule has 1 aromatic rings. The first-order chi connectivity index (χ1) is 6.69. The predicted octanol–water partition coefficient (Wildman–Crippen LogP) is 2.19. The summed E-state index contributed by atoms with van der Waals surface area (Å²) in [5.41, 5.74) is 1.52. The molecule has 1 atom stereocenters. The summed E-state index contributed by atoms with van der Waals surface area (Å²) >= 11 is 0. The monoisotopic (exact) mass is 189 g/mol. The molecule has 0 spiro atoms. The molecule has 3 nitrogen and oxygen atoms in total. The number of pyridine rings is 1. The Morgan fingerprint density at radius 3 is 2.93 bits per heavy atom. The maximum atomic E-state index is 8.71. The molecule has 0 radical (unpaired) electrons. The lowest BCUT2D eigenvalue weighted by Gasteiger charge is -2.25. The van der Waals surface area contributed by atoms with Crippen LogP contribution in [0.5, 0.6) is 0 Å². The predicted molar refractivity (Wildman–Crippen MR) is 57.1 cm³/mol. The number of aromatic nitrogens is 1. The lowest BCUT2D eigenvalue weighted by molar-refractivity contribution is 0.663. The normalized spacial score (nSPS) is 11.9. The van der Waals surface area contributed by atoms with Crippen molar-refractivity contribution < 1.29 is 0 Å². The van der Waals surface area contributed by atoms with Crippen LogP contribution in [0.25, 0.3) is 0 Å². The molecular weight excluding hydrogens is 174 g/mol. The van der Waals surface area contributed by atoms with Gasteiger partial charge in [0.1, 0.15) is 11.8 Å². The van der Waals surface area contributed by atoms with Crippen molar-refractivity contribution in [3.63, 3.8) is 0 Å². The van der Waals surface area contributed by atoms with Crippen molar-refractivity contribution in [2.75, 3.05) is 11.9 Å². The summed E-state index contributed by atoms with van der Waals surface area (Å²) in [7, 11) is 2.03. The van der Waals surface area contributed by atoms with Crippen molar-refractivity contribution >= 4 is 5.69 Å². The van der Waals surface area contributed by atoms with Crippen molar-refractivity contribution in [1.29, 1.82) is 5.26 Å². The third kappa shape index (κ3) is 2.23. The summed E-state index contributed by atoms with van der Waals surface area (Å²) in [5, 5.41) is 8.71. The molecule has 0 aliphatic carbocycles. The molecule has 0 amide bonds. The van der Waals surface area contributed by atoms with Crippen LogP contribution >= 0.6 is 0 Å². The molecule has 0 aromatic carbocycles. The molecule has 0 aliphatic rings. The number of anilines is 1. The van der Waals surface area contributed by atoms with E-state index in [1.807, 2.05) is 25.2 Å². The van der Waals surface area contributed by atoms with Crippen LogP contribution in [0.2, 0.25) is 0 Å². The first kappa shape index (κ1) is 10.5. The summed E-state index contributed by atoms with van der Waals surface area (Å²) in [6.07, 6.45) is 2.76. The zero-order valence-corrected chi connectivity index (χ0v) is 8.86. The van der Waals surface area contributed by atoms with E-state index in [1.54, 1.807) is 6.20 Å². The molecule has 1 aromatic heterocycles. The fourth-order valence-corrected chi connectivity index (χ4v) is 1.23. The Balaban J connectivity index is 2.91. The number of hydrogen-bond donors (Lipinski definition) is 0. The second-order valence-electron chi connectivity index (χ2n) is 3.38. The molecule has 1 heterocycles. The summed E-state index contributed by atoms with van der Waals surface area (Å²) in [6.45, 7) is 4.31. The van der Waals surface area contributed by atoms with Crippen LogP contribution in [-0.4, -0.2) is 18.1 Å². The Morgan fingerprint density at radius 2 is 2.36 bits per heavy atom. The van der Waals surface area contributed by atoms with E-state index in [4.69, 9.17) is 5.26 Å². The lowest BCUT2D eigenvalue weighted by atomic mass is 10.2. The topological polar surface area (TPSA) is 39.9 Å². The highest BCUT2D eigenvalue weighted by Crippen LogP contribution is 2.16. The third-order valence-corrected chi connectivity index (χ3v) is 2.52. The third-order valence-electron chi connectivity index (χ3n) is 2.52. The van der Waals surface area contributed by atoms with E-state index in [9.17, 15) is 0 Å². The van der Waals surface area contributed by atoms with Gasteiger partial charge in [0.25, 0.3) is 0 Å². The first-order valence-corrected chi connectivity index (χ1v) is 4.78. The molecule has 0 bridgehead atoms. The zero-order chi connectivity index (χ0) is 10.6. The number of nitrogens with zero attached hydrogens (tertiary/aromatic N) is 3. The molecule has 0 N–H and O–H groups in total. The fraction of sp³-hybridized carbons (Fsp3) is 0.455. The zero-order valence-electron chi connectivity index (χ0n) is 8.86. The summed E-state index contributed by atoms with van der Waals surface area (Å²) in [6, 6.07) is 6.25. The van der Waals surface area contributed by atoms with Gasteiger partial charge in [-0.2, -0.15) is 5.26 Å². The molecule has 0 fully saturated rings. The van der Waals surface area contributed by atoms with Crippen LogP contribution in [0.15, 0.2) is 18.3 Å². The van der Waals surface area contributed by atoms with Gasteiger partial charge in [0.15, 0.2) is 0 Å². The molecule has 14 heavy (non-hydrogen) atoms. The van der Waals surface area contributed by atoms with Gasteiger partial charge in [0.2, 0.25) is 0 Å². The van der Waals surface area contributed by atoms with Crippen LogP contribution in [0.3, 0.4) is 0 Å². The van der Waals surface area contributed by atoms with Crippen molar-refractivity contribution in [3.05, 3.63) is 24.0 Å². The lowest BCUT2D eigenvalue weighted by Crippen LogP contribution is -2.27. The highest BCUT2D eigenvalue weighted by Gasteiger charge is 2.08. The van der Waals surface area contributed by atoms with Crippen LogP contribution in [0.4, 0.5) is 5.69 Å². The number of hydrogen-bond acceptors (Lipinski definition) is 3. The van der Waals surface area contributed by atoms with Gasteiger partial charge >= 0.3 is 0 Å². The summed E-state index contributed by atoms with van der Waals surface area (Å²) in [4.78, 5) is 6.09. The smallest absolute Gasteiger partial charge is 0.142 e. The average Bonchev–Trinajstić information content (AvgIpc) is 2.27. The minimum atomic E-state index is 0.470. The molecule has 74 valence electrons. The van der Waals surface area contributed by atoms with Crippen LogP contribution in [-0.2, 0) is 0 Å². The Kier molecular flexibility index (Phi) is 3.47. The highest BCUT2D eigenvalue weighted by atomic mass is 15.1. The van der Waals surface area contributed by atoms with Gasteiger partial charge < -0.3 is 4.90 Å². The van der Waals surface area contributed by atoms with Gasteiger partial charge in [-0.05, 0) is 25.5 Å². The Labute approximate surface area is 85.0 Å². The molecule has 3 heteroatoms. The van der Waals surface area contributed by atoms with E-state index >= 15 is 0 Å². The summed E-state index contributed by atoms with van der Waals surface area (Å²) in [5.74, 6) is 0. The minimum Gasteiger partial charge on any atom is -0.372 e.